The minimum Gasteiger partial charge on any atom is -0.383 e. The van der Waals surface area contributed by atoms with E-state index >= 15 is 0 Å². The van der Waals surface area contributed by atoms with E-state index in [9.17, 15) is 0 Å². The number of aryl methyl sites for hydroxylation is 1. The Kier molecular flexibility index (Phi) is 6.26. The first-order chi connectivity index (χ1) is 9.74. The third kappa shape index (κ3) is 4.17. The lowest BCUT2D eigenvalue weighted by molar-refractivity contribution is 0.199. The standard InChI is InChI=1S/C15H27N3OS/c1-4-18(11-13-6-5-7-13)15-17-12(2)14(20-15)10-16-8-9-19-3/h13,16H,4-11H2,1-3H3. The van der Waals surface area contributed by atoms with Gasteiger partial charge < -0.3 is 15.0 Å². The van der Waals surface area contributed by atoms with Crippen LogP contribution in [0.25, 0.3) is 0 Å². The second-order valence-electron chi connectivity index (χ2n) is 5.51. The molecular weight excluding hydrogens is 270 g/mol. The molecule has 0 atom stereocenters. The lowest BCUT2D eigenvalue weighted by atomic mass is 9.85. The predicted molar refractivity (Wildman–Crippen MR) is 85.7 cm³/mol. The van der Waals surface area contributed by atoms with E-state index in [0.29, 0.717) is 0 Å². The van der Waals surface area contributed by atoms with Crippen molar-refractivity contribution in [3.05, 3.63) is 10.6 Å². The first-order valence-electron chi connectivity index (χ1n) is 7.65. The molecule has 1 fully saturated rings. The van der Waals surface area contributed by atoms with Crippen molar-refractivity contribution >= 4 is 16.5 Å². The monoisotopic (exact) mass is 297 g/mol. The summed E-state index contributed by atoms with van der Waals surface area (Å²) in [6, 6.07) is 0. The molecular formula is C15H27N3OS. The van der Waals surface area contributed by atoms with Gasteiger partial charge in [-0.25, -0.2) is 4.98 Å². The topological polar surface area (TPSA) is 37.4 Å². The molecule has 20 heavy (non-hydrogen) atoms. The molecule has 1 N–H and O–H groups in total. The first kappa shape index (κ1) is 15.7. The SMILES string of the molecule is CCN(CC1CCC1)c1nc(C)c(CNCCOC)s1. The molecule has 1 heterocycles. The molecule has 0 saturated heterocycles. The number of anilines is 1. The van der Waals surface area contributed by atoms with E-state index < -0.39 is 0 Å². The summed E-state index contributed by atoms with van der Waals surface area (Å²) in [5.74, 6) is 0.891. The van der Waals surface area contributed by atoms with E-state index in [-0.39, 0.29) is 0 Å². The highest BCUT2D eigenvalue weighted by Gasteiger charge is 2.22. The molecule has 0 bridgehead atoms. The number of hydrogen-bond donors (Lipinski definition) is 1. The van der Waals surface area contributed by atoms with Crippen molar-refractivity contribution in [3.63, 3.8) is 0 Å². The molecule has 1 aliphatic rings. The van der Waals surface area contributed by atoms with Crippen molar-refractivity contribution in [2.75, 3.05) is 38.3 Å². The minimum absolute atomic E-state index is 0.757. The summed E-state index contributed by atoms with van der Waals surface area (Å²) in [5.41, 5.74) is 1.17. The Morgan fingerprint density at radius 2 is 2.25 bits per heavy atom. The van der Waals surface area contributed by atoms with Crippen LogP contribution < -0.4 is 10.2 Å². The average molecular weight is 297 g/mol. The van der Waals surface area contributed by atoms with Crippen molar-refractivity contribution in [2.24, 2.45) is 5.92 Å². The van der Waals surface area contributed by atoms with Crippen molar-refractivity contribution in [1.82, 2.24) is 10.3 Å². The number of ether oxygens (including phenoxy) is 1. The van der Waals surface area contributed by atoms with Gasteiger partial charge >= 0.3 is 0 Å². The van der Waals surface area contributed by atoms with E-state index in [2.05, 4.69) is 24.1 Å². The molecule has 1 saturated carbocycles. The summed E-state index contributed by atoms with van der Waals surface area (Å²) in [5, 5.41) is 4.60. The summed E-state index contributed by atoms with van der Waals surface area (Å²) in [6.07, 6.45) is 4.20. The second kappa shape index (κ2) is 7.96. The molecule has 2 rings (SSSR count). The van der Waals surface area contributed by atoms with Crippen LogP contribution in [-0.2, 0) is 11.3 Å². The van der Waals surface area contributed by atoms with Gasteiger partial charge in [-0.2, -0.15) is 0 Å². The fraction of sp³-hybridized carbons (Fsp3) is 0.800. The number of hydrogen-bond acceptors (Lipinski definition) is 5. The van der Waals surface area contributed by atoms with Crippen LogP contribution in [0, 0.1) is 12.8 Å². The number of rotatable bonds is 9. The Morgan fingerprint density at radius 1 is 1.45 bits per heavy atom. The van der Waals surface area contributed by atoms with Crippen LogP contribution in [0.2, 0.25) is 0 Å². The highest BCUT2D eigenvalue weighted by molar-refractivity contribution is 7.15. The molecule has 114 valence electrons. The third-order valence-corrected chi connectivity index (χ3v) is 5.22. The first-order valence-corrected chi connectivity index (χ1v) is 8.47. The zero-order valence-electron chi connectivity index (χ0n) is 12.9. The van der Waals surface area contributed by atoms with Crippen LogP contribution >= 0.6 is 11.3 Å². The van der Waals surface area contributed by atoms with Gasteiger partial charge in [0.15, 0.2) is 5.13 Å². The minimum atomic E-state index is 0.757. The number of thiazole rings is 1. The summed E-state index contributed by atoms with van der Waals surface area (Å²) >= 11 is 1.84. The van der Waals surface area contributed by atoms with Crippen LogP contribution in [0.1, 0.15) is 36.8 Å². The molecule has 1 aliphatic carbocycles. The molecule has 0 amide bonds. The van der Waals surface area contributed by atoms with Crippen molar-refractivity contribution < 1.29 is 4.74 Å². The van der Waals surface area contributed by atoms with Gasteiger partial charge in [-0.1, -0.05) is 6.42 Å². The van der Waals surface area contributed by atoms with Gasteiger partial charge in [-0.3, -0.25) is 0 Å². The molecule has 1 aromatic rings. The molecule has 0 aromatic carbocycles. The van der Waals surface area contributed by atoms with Crippen molar-refractivity contribution in [2.45, 2.75) is 39.7 Å². The molecule has 0 spiro atoms. The number of aromatic nitrogens is 1. The average Bonchev–Trinajstić information content (AvgIpc) is 2.75. The number of nitrogens with zero attached hydrogens (tertiary/aromatic N) is 2. The largest absolute Gasteiger partial charge is 0.383 e. The molecule has 0 aliphatic heterocycles. The Hall–Kier alpha value is -0.650. The molecule has 5 heteroatoms. The maximum Gasteiger partial charge on any atom is 0.185 e. The van der Waals surface area contributed by atoms with Gasteiger partial charge in [0.05, 0.1) is 12.3 Å². The van der Waals surface area contributed by atoms with E-state index in [1.807, 2.05) is 11.3 Å². The fourth-order valence-corrected chi connectivity index (χ4v) is 3.52. The fourth-order valence-electron chi connectivity index (χ4n) is 2.42. The Morgan fingerprint density at radius 3 is 2.85 bits per heavy atom. The Bertz CT molecular complexity index is 404. The molecule has 4 nitrogen and oxygen atoms in total. The number of methoxy groups -OCH3 is 1. The maximum atomic E-state index is 5.05. The predicted octanol–water partition coefficient (Wildman–Crippen LogP) is 2.81. The highest BCUT2D eigenvalue weighted by Crippen LogP contribution is 2.31. The smallest absolute Gasteiger partial charge is 0.185 e. The van der Waals surface area contributed by atoms with Gasteiger partial charge in [0.1, 0.15) is 0 Å². The summed E-state index contributed by atoms with van der Waals surface area (Å²) in [7, 11) is 1.73. The van der Waals surface area contributed by atoms with E-state index in [0.717, 1.165) is 32.2 Å². The van der Waals surface area contributed by atoms with E-state index in [1.165, 1.54) is 41.5 Å². The van der Waals surface area contributed by atoms with Crippen LogP contribution in [0.4, 0.5) is 5.13 Å². The van der Waals surface area contributed by atoms with Crippen LogP contribution in [-0.4, -0.2) is 38.3 Å². The van der Waals surface area contributed by atoms with Gasteiger partial charge in [-0.05, 0) is 32.6 Å². The number of nitrogens with one attached hydrogen (secondary N) is 1. The van der Waals surface area contributed by atoms with Crippen molar-refractivity contribution in [3.8, 4) is 0 Å². The summed E-state index contributed by atoms with van der Waals surface area (Å²) in [4.78, 5) is 8.56. The van der Waals surface area contributed by atoms with E-state index in [1.54, 1.807) is 7.11 Å². The van der Waals surface area contributed by atoms with Gasteiger partial charge in [0, 0.05) is 38.2 Å². The van der Waals surface area contributed by atoms with E-state index in [4.69, 9.17) is 9.72 Å². The summed E-state index contributed by atoms with van der Waals surface area (Å²) < 4.78 is 5.05. The quantitative estimate of drug-likeness (QED) is 0.711. The van der Waals surface area contributed by atoms with Gasteiger partial charge in [-0.15, -0.1) is 11.3 Å². The normalized spacial score (nSPS) is 15.3. The Labute approximate surface area is 126 Å². The molecule has 0 unspecified atom stereocenters. The molecule has 1 aromatic heterocycles. The van der Waals surface area contributed by atoms with Crippen LogP contribution in [0.15, 0.2) is 0 Å². The summed E-state index contributed by atoms with van der Waals surface area (Å²) in [6.45, 7) is 9.13. The second-order valence-corrected chi connectivity index (χ2v) is 6.57. The Balaban J connectivity index is 1.89. The zero-order chi connectivity index (χ0) is 14.4. The van der Waals surface area contributed by atoms with Gasteiger partial charge in [0.25, 0.3) is 0 Å². The van der Waals surface area contributed by atoms with Gasteiger partial charge in [0.2, 0.25) is 0 Å². The van der Waals surface area contributed by atoms with Crippen LogP contribution in [0.3, 0.4) is 0 Å². The van der Waals surface area contributed by atoms with Crippen LogP contribution in [0.5, 0.6) is 0 Å². The van der Waals surface area contributed by atoms with Crippen molar-refractivity contribution in [1.29, 1.82) is 0 Å². The zero-order valence-corrected chi connectivity index (χ0v) is 13.8. The lowest BCUT2D eigenvalue weighted by Gasteiger charge is -2.31. The third-order valence-electron chi connectivity index (χ3n) is 4.01. The lowest BCUT2D eigenvalue weighted by Crippen LogP contribution is -2.32. The highest BCUT2D eigenvalue weighted by atomic mass is 32.1. The molecule has 0 radical (unpaired) electrons. The maximum absolute atomic E-state index is 5.05.